The molecule has 0 saturated heterocycles. The smallest absolute Gasteiger partial charge is 0.270 e. The fourth-order valence-corrected chi connectivity index (χ4v) is 0.785. The molecule has 0 aliphatic carbocycles. The highest BCUT2D eigenvalue weighted by Gasteiger charge is 2.12. The van der Waals surface area contributed by atoms with E-state index in [9.17, 15) is 4.79 Å². The zero-order valence-electron chi connectivity index (χ0n) is 6.34. The summed E-state index contributed by atoms with van der Waals surface area (Å²) in [5, 5.41) is 0. The molecule has 3 N–H and O–H groups in total. The number of nitrogens with two attached hydrogens (primary N) is 1. The summed E-state index contributed by atoms with van der Waals surface area (Å²) in [6.07, 6.45) is 0. The van der Waals surface area contributed by atoms with Crippen LogP contribution in [0.5, 0.6) is 5.88 Å². The third-order valence-corrected chi connectivity index (χ3v) is 1.23. The molecule has 0 aliphatic heterocycles. The van der Waals surface area contributed by atoms with E-state index in [1.165, 1.54) is 7.11 Å². The zero-order chi connectivity index (χ0) is 8.43. The van der Waals surface area contributed by atoms with Gasteiger partial charge in [-0.3, -0.25) is 4.79 Å². The number of rotatable bonds is 2. The number of amides is 1. The first-order valence-corrected chi connectivity index (χ1v) is 3.05. The minimum atomic E-state index is -0.567. The van der Waals surface area contributed by atoms with Gasteiger partial charge in [0.05, 0.1) is 7.11 Å². The topological polar surface area (TPSA) is 81.0 Å². The number of hydrogen-bond acceptors (Lipinski definition) is 3. The van der Waals surface area contributed by atoms with E-state index in [4.69, 9.17) is 10.5 Å². The maximum Gasteiger partial charge on any atom is 0.270 e. The quantitative estimate of drug-likeness (QED) is 0.621. The van der Waals surface area contributed by atoms with Crippen LogP contribution in [0.1, 0.15) is 16.3 Å². The number of H-pyrrole nitrogens is 1. The Morgan fingerprint density at radius 3 is 2.73 bits per heavy atom. The van der Waals surface area contributed by atoms with Gasteiger partial charge in [-0.05, 0) is 6.92 Å². The van der Waals surface area contributed by atoms with Crippen molar-refractivity contribution in [3.8, 4) is 5.88 Å². The Labute approximate surface area is 63.6 Å². The van der Waals surface area contributed by atoms with Gasteiger partial charge in [0, 0.05) is 0 Å². The van der Waals surface area contributed by atoms with Crippen molar-refractivity contribution >= 4 is 5.91 Å². The number of primary amides is 1. The van der Waals surface area contributed by atoms with Crippen molar-refractivity contribution in [2.24, 2.45) is 5.73 Å². The number of methoxy groups -OCH3 is 1. The third kappa shape index (κ3) is 1.31. The number of carbonyl (C=O) groups excluding carboxylic acids is 1. The molecule has 0 unspecified atom stereocenters. The number of carbonyl (C=O) groups is 1. The zero-order valence-corrected chi connectivity index (χ0v) is 6.34. The number of aryl methyl sites for hydroxylation is 1. The Balaban J connectivity index is 3.12. The van der Waals surface area contributed by atoms with E-state index >= 15 is 0 Å². The molecular weight excluding hydrogens is 146 g/mol. The minimum absolute atomic E-state index is 0.213. The van der Waals surface area contributed by atoms with Crippen molar-refractivity contribution in [3.05, 3.63) is 11.5 Å². The van der Waals surface area contributed by atoms with Crippen molar-refractivity contribution in [2.45, 2.75) is 6.92 Å². The number of hydrogen-bond donors (Lipinski definition) is 2. The van der Waals surface area contributed by atoms with E-state index in [0.29, 0.717) is 5.82 Å². The van der Waals surface area contributed by atoms with Gasteiger partial charge >= 0.3 is 0 Å². The van der Waals surface area contributed by atoms with E-state index in [1.54, 1.807) is 6.92 Å². The van der Waals surface area contributed by atoms with Crippen LogP contribution >= 0.6 is 0 Å². The van der Waals surface area contributed by atoms with Gasteiger partial charge in [-0.25, -0.2) is 0 Å². The van der Waals surface area contributed by atoms with Gasteiger partial charge < -0.3 is 15.5 Å². The predicted molar refractivity (Wildman–Crippen MR) is 38.4 cm³/mol. The number of imidazole rings is 1. The van der Waals surface area contributed by atoms with Gasteiger partial charge in [-0.1, -0.05) is 0 Å². The van der Waals surface area contributed by atoms with Gasteiger partial charge in [0.1, 0.15) is 5.82 Å². The second-order valence-corrected chi connectivity index (χ2v) is 2.07. The lowest BCUT2D eigenvalue weighted by atomic mass is 10.4. The Morgan fingerprint density at radius 1 is 1.73 bits per heavy atom. The second kappa shape index (κ2) is 2.61. The molecule has 1 aromatic rings. The number of ether oxygens (including phenoxy) is 1. The summed E-state index contributed by atoms with van der Waals surface area (Å²) in [5.41, 5.74) is 5.23. The average molecular weight is 155 g/mol. The molecule has 0 aliphatic rings. The Bertz CT molecular complexity index is 279. The van der Waals surface area contributed by atoms with Crippen LogP contribution < -0.4 is 10.5 Å². The maximum absolute atomic E-state index is 10.7. The average Bonchev–Trinajstić information content (AvgIpc) is 2.30. The van der Waals surface area contributed by atoms with E-state index < -0.39 is 5.91 Å². The summed E-state index contributed by atoms with van der Waals surface area (Å²) in [6.45, 7) is 1.72. The summed E-state index contributed by atoms with van der Waals surface area (Å²) in [6, 6.07) is 0. The highest BCUT2D eigenvalue weighted by molar-refractivity contribution is 5.93. The Kier molecular flexibility index (Phi) is 1.80. The van der Waals surface area contributed by atoms with Gasteiger partial charge in [0.15, 0.2) is 5.69 Å². The molecule has 1 heterocycles. The van der Waals surface area contributed by atoms with Crippen LogP contribution in [0.4, 0.5) is 0 Å². The van der Waals surface area contributed by atoms with Crippen molar-refractivity contribution in [1.29, 1.82) is 0 Å². The molecule has 11 heavy (non-hydrogen) atoms. The van der Waals surface area contributed by atoms with Crippen LogP contribution in [-0.2, 0) is 0 Å². The first kappa shape index (κ1) is 7.59. The highest BCUT2D eigenvalue weighted by Crippen LogP contribution is 2.12. The first-order valence-electron chi connectivity index (χ1n) is 3.05. The molecule has 0 saturated carbocycles. The normalized spacial score (nSPS) is 9.64. The number of aromatic nitrogens is 2. The maximum atomic E-state index is 10.7. The molecule has 0 spiro atoms. The standard InChI is InChI=1S/C6H9N3O2/c1-3-8-4(5(7)10)6(9-3)11-2/h1-2H3,(H2,7,10)(H,8,9). The summed E-state index contributed by atoms with van der Waals surface area (Å²) < 4.78 is 4.78. The van der Waals surface area contributed by atoms with Crippen molar-refractivity contribution in [3.63, 3.8) is 0 Å². The lowest BCUT2D eigenvalue weighted by Crippen LogP contribution is -2.12. The van der Waals surface area contributed by atoms with Crippen LogP contribution in [0.15, 0.2) is 0 Å². The first-order chi connectivity index (χ1) is 5.15. The second-order valence-electron chi connectivity index (χ2n) is 2.07. The van der Waals surface area contributed by atoms with Crippen LogP contribution in [0.3, 0.4) is 0 Å². The fraction of sp³-hybridized carbons (Fsp3) is 0.333. The van der Waals surface area contributed by atoms with Crippen molar-refractivity contribution in [1.82, 2.24) is 9.97 Å². The van der Waals surface area contributed by atoms with E-state index in [1.807, 2.05) is 0 Å². The van der Waals surface area contributed by atoms with Crippen LogP contribution in [0.25, 0.3) is 0 Å². The summed E-state index contributed by atoms with van der Waals surface area (Å²) in [4.78, 5) is 17.2. The minimum Gasteiger partial charge on any atom is -0.479 e. The fourth-order valence-electron chi connectivity index (χ4n) is 0.785. The molecule has 1 aromatic heterocycles. The molecule has 0 atom stereocenters. The molecule has 0 bridgehead atoms. The summed E-state index contributed by atoms with van der Waals surface area (Å²) >= 11 is 0. The van der Waals surface area contributed by atoms with E-state index in [2.05, 4.69) is 9.97 Å². The summed E-state index contributed by atoms with van der Waals surface area (Å²) in [7, 11) is 1.43. The monoisotopic (exact) mass is 155 g/mol. The molecule has 1 amide bonds. The molecule has 60 valence electrons. The molecular formula is C6H9N3O2. The summed E-state index contributed by atoms with van der Waals surface area (Å²) in [5.74, 6) is 0.285. The predicted octanol–water partition coefficient (Wildman–Crippen LogP) is -0.174. The molecule has 0 aromatic carbocycles. The largest absolute Gasteiger partial charge is 0.479 e. The van der Waals surface area contributed by atoms with E-state index in [-0.39, 0.29) is 11.6 Å². The van der Waals surface area contributed by atoms with Crippen molar-refractivity contribution in [2.75, 3.05) is 7.11 Å². The molecule has 0 radical (unpaired) electrons. The number of nitrogens with zero attached hydrogens (tertiary/aromatic N) is 1. The lowest BCUT2D eigenvalue weighted by Gasteiger charge is -1.93. The van der Waals surface area contributed by atoms with Gasteiger partial charge in [0.2, 0.25) is 5.88 Å². The van der Waals surface area contributed by atoms with E-state index in [0.717, 1.165) is 0 Å². The third-order valence-electron chi connectivity index (χ3n) is 1.23. The van der Waals surface area contributed by atoms with Crippen LogP contribution in [0.2, 0.25) is 0 Å². The number of aromatic amines is 1. The molecule has 1 rings (SSSR count). The van der Waals surface area contributed by atoms with Gasteiger partial charge in [0.25, 0.3) is 5.91 Å². The van der Waals surface area contributed by atoms with Gasteiger partial charge in [-0.15, -0.1) is 0 Å². The molecule has 5 heteroatoms. The van der Waals surface area contributed by atoms with Crippen molar-refractivity contribution < 1.29 is 9.53 Å². The van der Waals surface area contributed by atoms with Crippen LogP contribution in [-0.4, -0.2) is 23.0 Å². The highest BCUT2D eigenvalue weighted by atomic mass is 16.5. The SMILES string of the molecule is COc1nc(C)[nH]c1C(N)=O. The number of nitrogens with one attached hydrogen (secondary N) is 1. The molecule has 0 fully saturated rings. The van der Waals surface area contributed by atoms with Crippen LogP contribution in [0, 0.1) is 6.92 Å². The van der Waals surface area contributed by atoms with Gasteiger partial charge in [-0.2, -0.15) is 4.98 Å². The Hall–Kier alpha value is -1.52. The Morgan fingerprint density at radius 2 is 2.36 bits per heavy atom. The lowest BCUT2D eigenvalue weighted by molar-refractivity contribution is 0.0993. The molecule has 5 nitrogen and oxygen atoms in total.